The van der Waals surface area contributed by atoms with E-state index in [0.717, 1.165) is 37.4 Å². The maximum absolute atomic E-state index is 13.2. The van der Waals surface area contributed by atoms with Crippen LogP contribution in [0.4, 0.5) is 13.2 Å². The molecule has 23 heavy (non-hydrogen) atoms. The smallest absolute Gasteiger partial charge is 0.376 e. The van der Waals surface area contributed by atoms with Gasteiger partial charge in [-0.25, -0.2) is 0 Å². The number of alkyl halides is 3. The fourth-order valence-electron chi connectivity index (χ4n) is 4.22. The molecule has 1 heterocycles. The Bertz CT molecular complexity index is 636. The molecule has 2 N–H and O–H groups in total. The van der Waals surface area contributed by atoms with Crippen LogP contribution in [0.1, 0.15) is 50.8 Å². The molecule has 2 aliphatic rings. The summed E-state index contributed by atoms with van der Waals surface area (Å²) in [5.41, 5.74) is -1.10. The molecule has 1 fully saturated rings. The van der Waals surface area contributed by atoms with Crippen molar-refractivity contribution in [2.45, 2.75) is 63.8 Å². The first-order valence-corrected chi connectivity index (χ1v) is 8.07. The monoisotopic (exact) mass is 327 g/mol. The molecular weight excluding hydrogens is 303 g/mol. The van der Waals surface area contributed by atoms with Crippen LogP contribution in [-0.4, -0.2) is 23.9 Å². The van der Waals surface area contributed by atoms with Gasteiger partial charge >= 0.3 is 6.18 Å². The van der Waals surface area contributed by atoms with Gasteiger partial charge in [0.05, 0.1) is 0 Å². The second-order valence-corrected chi connectivity index (χ2v) is 7.96. The molecule has 2 bridgehead atoms. The summed E-state index contributed by atoms with van der Waals surface area (Å²) in [6.45, 7) is 8.20. The van der Waals surface area contributed by atoms with Gasteiger partial charge in [0.1, 0.15) is 0 Å². The van der Waals surface area contributed by atoms with E-state index in [1.165, 1.54) is 6.07 Å². The van der Waals surface area contributed by atoms with Crippen molar-refractivity contribution >= 4 is 0 Å². The molecule has 0 spiro atoms. The third-order valence-corrected chi connectivity index (χ3v) is 6.55. The fourth-order valence-corrected chi connectivity index (χ4v) is 4.22. The van der Waals surface area contributed by atoms with Gasteiger partial charge in [-0.05, 0) is 48.4 Å². The van der Waals surface area contributed by atoms with Gasteiger partial charge in [0.25, 0.3) is 0 Å². The van der Waals surface area contributed by atoms with Crippen molar-refractivity contribution in [3.63, 3.8) is 0 Å². The number of aliphatic hydroxyl groups is 1. The minimum atomic E-state index is -4.69. The first kappa shape index (κ1) is 16.8. The van der Waals surface area contributed by atoms with Crippen LogP contribution in [0.15, 0.2) is 18.2 Å². The van der Waals surface area contributed by atoms with Crippen molar-refractivity contribution < 1.29 is 18.3 Å². The van der Waals surface area contributed by atoms with Crippen molar-refractivity contribution in [1.82, 2.24) is 5.32 Å². The molecule has 1 unspecified atom stereocenters. The highest BCUT2D eigenvalue weighted by Crippen LogP contribution is 2.54. The van der Waals surface area contributed by atoms with Gasteiger partial charge in [0.2, 0.25) is 0 Å². The maximum atomic E-state index is 13.2. The highest BCUT2D eigenvalue weighted by molar-refractivity contribution is 5.45. The van der Waals surface area contributed by atoms with Gasteiger partial charge in [-0.2, -0.15) is 13.2 Å². The lowest BCUT2D eigenvalue weighted by molar-refractivity contribution is -0.258. The highest BCUT2D eigenvalue weighted by Gasteiger charge is 2.55. The molecule has 1 aromatic rings. The Hall–Kier alpha value is -1.07. The zero-order chi connectivity index (χ0) is 17.3. The zero-order valence-electron chi connectivity index (χ0n) is 14.0. The first-order valence-electron chi connectivity index (χ1n) is 8.07. The van der Waals surface area contributed by atoms with Gasteiger partial charge in [-0.1, -0.05) is 39.0 Å². The van der Waals surface area contributed by atoms with Crippen LogP contribution in [0.25, 0.3) is 0 Å². The lowest BCUT2D eigenvalue weighted by Crippen LogP contribution is -2.62. The molecule has 1 aliphatic carbocycles. The maximum Gasteiger partial charge on any atom is 0.421 e. The van der Waals surface area contributed by atoms with Crippen LogP contribution in [0.2, 0.25) is 0 Å². The van der Waals surface area contributed by atoms with E-state index >= 15 is 0 Å². The van der Waals surface area contributed by atoms with Crippen LogP contribution in [-0.2, 0) is 17.4 Å². The Morgan fingerprint density at radius 3 is 2.48 bits per heavy atom. The molecule has 1 saturated heterocycles. The van der Waals surface area contributed by atoms with Crippen LogP contribution >= 0.6 is 0 Å². The Balaban J connectivity index is 2.16. The van der Waals surface area contributed by atoms with Crippen LogP contribution < -0.4 is 5.32 Å². The molecular formula is C18H24F3NO. The topological polar surface area (TPSA) is 32.3 Å². The predicted octanol–water partition coefficient (Wildman–Crippen LogP) is 3.66. The second kappa shape index (κ2) is 4.73. The van der Waals surface area contributed by atoms with Crippen LogP contribution in [0, 0.1) is 5.41 Å². The van der Waals surface area contributed by atoms with Crippen molar-refractivity contribution in [2.24, 2.45) is 5.41 Å². The zero-order valence-corrected chi connectivity index (χ0v) is 14.0. The number of benzene rings is 1. The van der Waals surface area contributed by atoms with Crippen molar-refractivity contribution in [2.75, 3.05) is 6.54 Å². The molecule has 5 heteroatoms. The molecule has 2 nitrogen and oxygen atoms in total. The standard InChI is InChI=1S/C18H24F3NO/c1-15(2)14-9-11-5-6-12(17(4,23)18(19,20)21)10-13(11)16(15,3)7-8-22-14/h5-6,10,14,22-23H,7-9H2,1-4H3/t14-,16+,17?/m1/s1. The molecule has 128 valence electrons. The molecule has 1 aliphatic heterocycles. The average Bonchev–Trinajstić information content (AvgIpc) is 2.41. The lowest BCUT2D eigenvalue weighted by Gasteiger charge is -2.57. The lowest BCUT2D eigenvalue weighted by atomic mass is 9.51. The van der Waals surface area contributed by atoms with E-state index < -0.39 is 11.8 Å². The SMILES string of the molecule is CC(O)(c1ccc2c(c1)[C@]1(C)CCN[C@H](C2)C1(C)C)C(F)(F)F. The minimum Gasteiger partial charge on any atom is -0.376 e. The number of halogens is 3. The Kier molecular flexibility index (Phi) is 3.45. The summed E-state index contributed by atoms with van der Waals surface area (Å²) in [5, 5.41) is 13.6. The van der Waals surface area contributed by atoms with E-state index in [1.807, 2.05) is 0 Å². The third kappa shape index (κ3) is 2.16. The van der Waals surface area contributed by atoms with Gasteiger partial charge in [-0.3, -0.25) is 0 Å². The summed E-state index contributed by atoms with van der Waals surface area (Å²) in [5.74, 6) is 0. The quantitative estimate of drug-likeness (QED) is 0.825. The largest absolute Gasteiger partial charge is 0.421 e. The number of fused-ring (bicyclic) bond motifs is 4. The van der Waals surface area contributed by atoms with E-state index in [9.17, 15) is 18.3 Å². The van der Waals surface area contributed by atoms with Crippen LogP contribution in [0.5, 0.6) is 0 Å². The van der Waals surface area contributed by atoms with E-state index in [1.54, 1.807) is 12.1 Å². The van der Waals surface area contributed by atoms with Gasteiger partial charge in [0, 0.05) is 11.5 Å². The van der Waals surface area contributed by atoms with E-state index in [4.69, 9.17) is 0 Å². The van der Waals surface area contributed by atoms with Gasteiger partial charge < -0.3 is 10.4 Å². The first-order chi connectivity index (χ1) is 10.4. The predicted molar refractivity (Wildman–Crippen MR) is 83.3 cm³/mol. The fraction of sp³-hybridized carbons (Fsp3) is 0.667. The van der Waals surface area contributed by atoms with E-state index in [0.29, 0.717) is 6.04 Å². The number of piperidine rings is 1. The molecule has 0 aromatic heterocycles. The Morgan fingerprint density at radius 1 is 1.22 bits per heavy atom. The van der Waals surface area contributed by atoms with Crippen molar-refractivity contribution in [3.8, 4) is 0 Å². The second-order valence-electron chi connectivity index (χ2n) is 7.96. The molecule has 3 atom stereocenters. The van der Waals surface area contributed by atoms with Crippen molar-refractivity contribution in [3.05, 3.63) is 34.9 Å². The summed E-state index contributed by atoms with van der Waals surface area (Å²) in [7, 11) is 0. The van der Waals surface area contributed by atoms with Crippen LogP contribution in [0.3, 0.4) is 0 Å². The molecule has 0 saturated carbocycles. The van der Waals surface area contributed by atoms with Crippen molar-refractivity contribution in [1.29, 1.82) is 0 Å². The van der Waals surface area contributed by atoms with Gasteiger partial charge in [-0.15, -0.1) is 0 Å². The number of nitrogens with one attached hydrogen (secondary N) is 1. The molecule has 1 aromatic carbocycles. The summed E-state index contributed by atoms with van der Waals surface area (Å²) in [6.07, 6.45) is -3.00. The average molecular weight is 327 g/mol. The van der Waals surface area contributed by atoms with E-state index in [-0.39, 0.29) is 16.4 Å². The highest BCUT2D eigenvalue weighted by atomic mass is 19.4. The Morgan fingerprint density at radius 2 is 1.87 bits per heavy atom. The van der Waals surface area contributed by atoms with Gasteiger partial charge in [0.15, 0.2) is 5.60 Å². The summed E-state index contributed by atoms with van der Waals surface area (Å²) >= 11 is 0. The normalized spacial score (nSPS) is 32.1. The summed E-state index contributed by atoms with van der Waals surface area (Å²) in [6, 6.07) is 5.09. The number of hydrogen-bond acceptors (Lipinski definition) is 2. The van der Waals surface area contributed by atoms with E-state index in [2.05, 4.69) is 26.1 Å². The molecule has 3 rings (SSSR count). The third-order valence-electron chi connectivity index (χ3n) is 6.55. The summed E-state index contributed by atoms with van der Waals surface area (Å²) in [4.78, 5) is 0. The summed E-state index contributed by atoms with van der Waals surface area (Å²) < 4.78 is 39.6. The molecule has 0 radical (unpaired) electrons. The number of rotatable bonds is 1. The molecule has 0 amide bonds. The Labute approximate surface area is 135 Å². The minimum absolute atomic E-state index is 0.0546. The number of hydrogen-bond donors (Lipinski definition) is 2.